The van der Waals surface area contributed by atoms with Crippen molar-refractivity contribution in [3.63, 3.8) is 0 Å². The van der Waals surface area contributed by atoms with Crippen LogP contribution in [0.15, 0.2) is 168 Å². The summed E-state index contributed by atoms with van der Waals surface area (Å²) < 4.78 is 8.61. The molecule has 0 bridgehead atoms. The second-order valence-corrected chi connectivity index (χ2v) is 14.9. The topological polar surface area (TPSA) is 56.7 Å². The molecule has 0 spiro atoms. The van der Waals surface area contributed by atoms with Gasteiger partial charge in [-0.05, 0) is 70.6 Å². The van der Waals surface area contributed by atoms with Gasteiger partial charge in [0.05, 0.1) is 11.0 Å². The third-order valence-electron chi connectivity index (χ3n) is 10.4. The van der Waals surface area contributed by atoms with E-state index in [2.05, 4.69) is 147 Å². The van der Waals surface area contributed by atoms with Crippen LogP contribution in [-0.2, 0) is 5.41 Å². The van der Waals surface area contributed by atoms with E-state index in [4.69, 9.17) is 19.4 Å². The summed E-state index contributed by atoms with van der Waals surface area (Å²) in [6, 6.07) is 57.3. The summed E-state index contributed by atoms with van der Waals surface area (Å²) in [5.41, 5.74) is 11.6. The van der Waals surface area contributed by atoms with E-state index < -0.39 is 0 Å². The number of nitrogens with zero attached hydrogens (tertiary/aromatic N) is 4. The zero-order valence-corrected chi connectivity index (χ0v) is 30.3. The minimum Gasteiger partial charge on any atom is -0.456 e. The maximum absolute atomic E-state index is 6.25. The molecule has 0 aliphatic rings. The lowest BCUT2D eigenvalue weighted by atomic mass is 9.87. The highest BCUT2D eigenvalue weighted by molar-refractivity contribution is 6.14. The molecule has 258 valence electrons. The maximum atomic E-state index is 6.25. The van der Waals surface area contributed by atoms with Crippen molar-refractivity contribution in [2.75, 3.05) is 0 Å². The maximum Gasteiger partial charge on any atom is 0.164 e. The van der Waals surface area contributed by atoms with Crippen molar-refractivity contribution < 1.29 is 4.42 Å². The van der Waals surface area contributed by atoms with E-state index in [9.17, 15) is 0 Å². The molecule has 0 radical (unpaired) electrons. The molecular formula is C49H36N4O. The fourth-order valence-electron chi connectivity index (χ4n) is 7.66. The minimum atomic E-state index is 0.0560. The quantitative estimate of drug-likeness (QED) is 0.180. The number of hydrogen-bond acceptors (Lipinski definition) is 4. The summed E-state index contributed by atoms with van der Waals surface area (Å²) in [6.45, 7) is 6.67. The Balaban J connectivity index is 1.10. The van der Waals surface area contributed by atoms with Crippen LogP contribution in [0, 0.1) is 0 Å². The van der Waals surface area contributed by atoms with Gasteiger partial charge in [0, 0.05) is 43.9 Å². The van der Waals surface area contributed by atoms with Crippen LogP contribution in [0.3, 0.4) is 0 Å². The first-order valence-electron chi connectivity index (χ1n) is 18.4. The van der Waals surface area contributed by atoms with Gasteiger partial charge < -0.3 is 8.98 Å². The van der Waals surface area contributed by atoms with Gasteiger partial charge in [-0.15, -0.1) is 0 Å². The second-order valence-electron chi connectivity index (χ2n) is 14.9. The summed E-state index contributed by atoms with van der Waals surface area (Å²) in [4.78, 5) is 15.0. The molecule has 5 nitrogen and oxygen atoms in total. The highest BCUT2D eigenvalue weighted by Crippen LogP contribution is 2.40. The predicted molar refractivity (Wildman–Crippen MR) is 222 cm³/mol. The highest BCUT2D eigenvalue weighted by atomic mass is 16.3. The van der Waals surface area contributed by atoms with Gasteiger partial charge in [-0.1, -0.05) is 136 Å². The Kier molecular flexibility index (Phi) is 7.31. The largest absolute Gasteiger partial charge is 0.456 e. The fraction of sp³-hybridized carbons (Fsp3) is 0.0816. The normalized spacial score (nSPS) is 12.0. The molecule has 0 aliphatic heterocycles. The van der Waals surface area contributed by atoms with Crippen molar-refractivity contribution in [1.82, 2.24) is 19.5 Å². The van der Waals surface area contributed by atoms with Crippen LogP contribution in [0.25, 0.3) is 94.7 Å². The Bertz CT molecular complexity index is 3000. The molecule has 54 heavy (non-hydrogen) atoms. The van der Waals surface area contributed by atoms with E-state index in [1.807, 2.05) is 42.5 Å². The van der Waals surface area contributed by atoms with E-state index in [0.29, 0.717) is 17.5 Å². The van der Waals surface area contributed by atoms with Crippen LogP contribution in [0.4, 0.5) is 0 Å². The first-order valence-corrected chi connectivity index (χ1v) is 18.4. The third-order valence-corrected chi connectivity index (χ3v) is 10.4. The summed E-state index contributed by atoms with van der Waals surface area (Å²) in [7, 11) is 0. The van der Waals surface area contributed by atoms with Crippen molar-refractivity contribution in [3.8, 4) is 51.0 Å². The number of furan rings is 1. The number of rotatable bonds is 5. The molecule has 7 aromatic carbocycles. The fourth-order valence-corrected chi connectivity index (χ4v) is 7.66. The Morgan fingerprint density at radius 2 is 1.00 bits per heavy atom. The summed E-state index contributed by atoms with van der Waals surface area (Å²) in [5.74, 6) is 1.93. The van der Waals surface area contributed by atoms with Crippen LogP contribution in [0.1, 0.15) is 26.3 Å². The Morgan fingerprint density at radius 3 is 1.70 bits per heavy atom. The lowest BCUT2D eigenvalue weighted by Crippen LogP contribution is -2.10. The molecule has 0 aliphatic carbocycles. The van der Waals surface area contributed by atoms with Gasteiger partial charge in [0.15, 0.2) is 17.5 Å². The molecule has 5 heteroatoms. The van der Waals surface area contributed by atoms with Crippen LogP contribution >= 0.6 is 0 Å². The Morgan fingerprint density at radius 1 is 0.444 bits per heavy atom. The van der Waals surface area contributed by atoms with Crippen molar-refractivity contribution in [3.05, 3.63) is 169 Å². The van der Waals surface area contributed by atoms with E-state index in [1.165, 1.54) is 16.3 Å². The van der Waals surface area contributed by atoms with Crippen molar-refractivity contribution in [1.29, 1.82) is 0 Å². The van der Waals surface area contributed by atoms with Crippen molar-refractivity contribution >= 4 is 43.7 Å². The molecule has 10 aromatic rings. The highest BCUT2D eigenvalue weighted by Gasteiger charge is 2.18. The Hall–Kier alpha value is -6.85. The number of aromatic nitrogens is 4. The monoisotopic (exact) mass is 696 g/mol. The average molecular weight is 697 g/mol. The zero-order valence-electron chi connectivity index (χ0n) is 30.3. The van der Waals surface area contributed by atoms with E-state index in [0.717, 1.165) is 66.5 Å². The predicted octanol–water partition coefficient (Wildman–Crippen LogP) is 12.8. The van der Waals surface area contributed by atoms with Crippen molar-refractivity contribution in [2.45, 2.75) is 26.2 Å². The third kappa shape index (κ3) is 5.36. The molecule has 0 fully saturated rings. The second kappa shape index (κ2) is 12.4. The standard InChI is InChI=1S/C49H36N4O/c1-49(2,3)35-25-20-32(21-26-35)47-50-46(31-12-5-4-6-13-31)51-48(52-47)33-22-27-36(28-23-33)53-41-17-9-7-14-38(41)39-29-24-34(30-42(39)53)37-16-11-19-44-45(37)40-15-8-10-18-43(40)54-44/h4-30H,1-3H3. The van der Waals surface area contributed by atoms with Gasteiger partial charge >= 0.3 is 0 Å². The molecule has 0 saturated carbocycles. The zero-order chi connectivity index (χ0) is 36.4. The van der Waals surface area contributed by atoms with Gasteiger partial charge in [0.1, 0.15) is 11.2 Å². The van der Waals surface area contributed by atoms with Crippen LogP contribution in [0.2, 0.25) is 0 Å². The molecular weight excluding hydrogens is 661 g/mol. The van der Waals surface area contributed by atoms with Crippen LogP contribution in [0.5, 0.6) is 0 Å². The smallest absolute Gasteiger partial charge is 0.164 e. The van der Waals surface area contributed by atoms with Gasteiger partial charge in [-0.2, -0.15) is 0 Å². The summed E-state index contributed by atoms with van der Waals surface area (Å²) >= 11 is 0. The number of fused-ring (bicyclic) bond motifs is 6. The van der Waals surface area contributed by atoms with Crippen LogP contribution in [-0.4, -0.2) is 19.5 Å². The molecule has 3 heterocycles. The molecule has 10 rings (SSSR count). The molecule has 3 aromatic heterocycles. The first kappa shape index (κ1) is 31.9. The van der Waals surface area contributed by atoms with Gasteiger partial charge in [0.2, 0.25) is 0 Å². The Labute approximate surface area is 313 Å². The average Bonchev–Trinajstić information content (AvgIpc) is 3.76. The summed E-state index contributed by atoms with van der Waals surface area (Å²) in [6.07, 6.45) is 0. The molecule has 0 N–H and O–H groups in total. The minimum absolute atomic E-state index is 0.0560. The molecule has 0 unspecified atom stereocenters. The van der Waals surface area contributed by atoms with E-state index >= 15 is 0 Å². The number of para-hydroxylation sites is 2. The lowest BCUT2D eigenvalue weighted by molar-refractivity contribution is 0.590. The van der Waals surface area contributed by atoms with E-state index in [1.54, 1.807) is 0 Å². The SMILES string of the molecule is CC(C)(C)c1ccc(-c2nc(-c3ccccc3)nc(-c3ccc(-n4c5ccccc5c5ccc(-c6cccc7oc8ccccc8c67)cc54)cc3)n2)cc1. The first-order chi connectivity index (χ1) is 26.4. The number of benzene rings is 7. The van der Waals surface area contributed by atoms with Gasteiger partial charge in [0.25, 0.3) is 0 Å². The van der Waals surface area contributed by atoms with Gasteiger partial charge in [-0.3, -0.25) is 0 Å². The molecule has 0 amide bonds. The van der Waals surface area contributed by atoms with E-state index in [-0.39, 0.29) is 5.41 Å². The summed E-state index contributed by atoms with van der Waals surface area (Å²) in [5, 5.41) is 4.67. The lowest BCUT2D eigenvalue weighted by Gasteiger charge is -2.19. The molecule has 0 atom stereocenters. The van der Waals surface area contributed by atoms with Gasteiger partial charge in [-0.25, -0.2) is 15.0 Å². The van der Waals surface area contributed by atoms with Crippen LogP contribution < -0.4 is 0 Å². The number of hydrogen-bond donors (Lipinski definition) is 0. The molecule has 0 saturated heterocycles. The van der Waals surface area contributed by atoms with Crippen molar-refractivity contribution in [2.24, 2.45) is 0 Å².